The van der Waals surface area contributed by atoms with Crippen molar-refractivity contribution in [3.63, 3.8) is 0 Å². The number of allylic oxidation sites excluding steroid dienone is 4. The molecule has 0 bridgehead atoms. The maximum Gasteiger partial charge on any atom is 0.472 e. The van der Waals surface area contributed by atoms with Crippen LogP contribution in [0.25, 0.3) is 0 Å². The Morgan fingerprint density at radius 1 is 0.381 bits per heavy atom. The number of carbonyl (C=O) groups excluding carboxylic acids is 4. The zero-order valence-electron chi connectivity index (χ0n) is 53.5. The molecular weight excluding hydrogens is 1110 g/mol. The number of unbranched alkanes of at least 4 members (excludes halogenated alkanes) is 31. The summed E-state index contributed by atoms with van der Waals surface area (Å²) >= 11 is 0. The van der Waals surface area contributed by atoms with Gasteiger partial charge in [-0.3, -0.25) is 37.3 Å². The zero-order valence-corrected chi connectivity index (χ0v) is 55.3. The summed E-state index contributed by atoms with van der Waals surface area (Å²) in [7, 11) is -9.90. The molecule has 3 N–H and O–H groups in total. The van der Waals surface area contributed by atoms with Gasteiger partial charge in [-0.15, -0.1) is 0 Å². The Hall–Kier alpha value is -2.46. The average Bonchev–Trinajstić information content (AvgIpc) is 3.61. The van der Waals surface area contributed by atoms with E-state index in [9.17, 15) is 43.2 Å². The molecule has 0 aromatic heterocycles. The molecule has 0 saturated heterocycles. The van der Waals surface area contributed by atoms with E-state index < -0.39 is 97.5 Å². The minimum absolute atomic E-state index is 0.0850. The van der Waals surface area contributed by atoms with Crippen LogP contribution in [-0.2, 0) is 65.4 Å². The molecule has 0 aromatic carbocycles. The van der Waals surface area contributed by atoms with E-state index >= 15 is 0 Å². The van der Waals surface area contributed by atoms with Crippen LogP contribution in [0.1, 0.15) is 304 Å². The molecule has 6 atom stereocenters. The molecule has 0 heterocycles. The Bertz CT molecular complexity index is 1730. The summed E-state index contributed by atoms with van der Waals surface area (Å²) in [4.78, 5) is 72.1. The molecule has 0 spiro atoms. The van der Waals surface area contributed by atoms with Crippen molar-refractivity contribution in [3.8, 4) is 0 Å². The first-order valence-corrected chi connectivity index (χ1v) is 36.5. The fourth-order valence-electron chi connectivity index (χ4n) is 9.19. The number of ether oxygens (including phenoxy) is 4. The lowest BCUT2D eigenvalue weighted by molar-refractivity contribution is -0.161. The van der Waals surface area contributed by atoms with Gasteiger partial charge in [0.25, 0.3) is 0 Å². The van der Waals surface area contributed by atoms with Crippen LogP contribution in [0.3, 0.4) is 0 Å². The Balaban J connectivity index is 5.27. The van der Waals surface area contributed by atoms with Crippen LogP contribution in [-0.4, -0.2) is 96.7 Å². The molecule has 17 nitrogen and oxygen atoms in total. The largest absolute Gasteiger partial charge is 0.472 e. The van der Waals surface area contributed by atoms with Crippen molar-refractivity contribution in [1.29, 1.82) is 0 Å². The summed E-state index contributed by atoms with van der Waals surface area (Å²) in [6.45, 7) is 7.05. The molecule has 0 radical (unpaired) electrons. The van der Waals surface area contributed by atoms with E-state index in [0.29, 0.717) is 25.7 Å². The van der Waals surface area contributed by atoms with Crippen molar-refractivity contribution in [3.05, 3.63) is 24.3 Å². The van der Waals surface area contributed by atoms with Crippen molar-refractivity contribution >= 4 is 39.5 Å². The topological polar surface area (TPSA) is 237 Å². The number of hydrogen-bond acceptors (Lipinski definition) is 15. The third kappa shape index (κ3) is 57.3. The second-order valence-corrected chi connectivity index (χ2v) is 26.0. The van der Waals surface area contributed by atoms with Crippen LogP contribution < -0.4 is 0 Å². The highest BCUT2D eigenvalue weighted by molar-refractivity contribution is 7.47. The zero-order chi connectivity index (χ0) is 62.0. The van der Waals surface area contributed by atoms with Gasteiger partial charge >= 0.3 is 39.5 Å². The predicted octanol–water partition coefficient (Wildman–Crippen LogP) is 17.7. The minimum Gasteiger partial charge on any atom is -0.462 e. The number of aliphatic hydroxyl groups excluding tert-OH is 1. The van der Waals surface area contributed by atoms with Gasteiger partial charge < -0.3 is 33.8 Å². The van der Waals surface area contributed by atoms with Crippen LogP contribution in [0.4, 0.5) is 0 Å². The van der Waals surface area contributed by atoms with Gasteiger partial charge in [0.1, 0.15) is 19.3 Å². The first-order valence-electron chi connectivity index (χ1n) is 33.5. The summed E-state index contributed by atoms with van der Waals surface area (Å²) in [5.41, 5.74) is 0. The van der Waals surface area contributed by atoms with Crippen molar-refractivity contribution in [2.75, 3.05) is 39.6 Å². The lowest BCUT2D eigenvalue weighted by Crippen LogP contribution is -2.30. The number of carbonyl (C=O) groups is 4. The fourth-order valence-corrected chi connectivity index (χ4v) is 10.8. The molecule has 0 amide bonds. The normalized spacial score (nSPS) is 14.7. The number of esters is 4. The second kappa shape index (κ2) is 58.2. The SMILES string of the molecule is CCCCCC/C=C\C=C/CCCCCCCC(=O)O[C@H](COC(=O)CCCCCCCCCCCCC)COP(=O)(O)OC[C@@H](O)COP(=O)(O)OC[C@@H](COC(=O)CCCCCCCCCC)OC(=O)CCCCCCCCC(C)CC. The molecule has 0 aliphatic carbocycles. The minimum atomic E-state index is -4.95. The molecular formula is C65H122O17P2. The Morgan fingerprint density at radius 2 is 0.667 bits per heavy atom. The summed E-state index contributed by atoms with van der Waals surface area (Å²) in [5.74, 6) is -1.45. The average molecular weight is 1240 g/mol. The van der Waals surface area contributed by atoms with E-state index in [-0.39, 0.29) is 25.7 Å². The smallest absolute Gasteiger partial charge is 0.462 e. The van der Waals surface area contributed by atoms with Crippen molar-refractivity contribution in [1.82, 2.24) is 0 Å². The van der Waals surface area contributed by atoms with E-state index in [4.69, 9.17) is 37.0 Å². The van der Waals surface area contributed by atoms with Gasteiger partial charge in [0, 0.05) is 25.7 Å². The second-order valence-electron chi connectivity index (χ2n) is 23.1. The lowest BCUT2D eigenvalue weighted by atomic mass is 10.00. The van der Waals surface area contributed by atoms with Crippen LogP contribution in [0, 0.1) is 5.92 Å². The van der Waals surface area contributed by atoms with Crippen molar-refractivity contribution < 1.29 is 80.2 Å². The molecule has 3 unspecified atom stereocenters. The molecule has 84 heavy (non-hydrogen) atoms. The van der Waals surface area contributed by atoms with Gasteiger partial charge in [0.2, 0.25) is 0 Å². The van der Waals surface area contributed by atoms with Crippen molar-refractivity contribution in [2.24, 2.45) is 5.92 Å². The van der Waals surface area contributed by atoms with Crippen LogP contribution >= 0.6 is 15.6 Å². The molecule has 0 saturated carbocycles. The van der Waals surface area contributed by atoms with Gasteiger partial charge in [-0.1, -0.05) is 252 Å². The third-order valence-corrected chi connectivity index (χ3v) is 16.7. The van der Waals surface area contributed by atoms with Gasteiger partial charge in [-0.25, -0.2) is 9.13 Å². The van der Waals surface area contributed by atoms with Crippen LogP contribution in [0.5, 0.6) is 0 Å². The first kappa shape index (κ1) is 81.5. The quantitative estimate of drug-likeness (QED) is 0.0169. The Labute approximate surface area is 510 Å². The molecule has 0 aliphatic heterocycles. The molecule has 0 aromatic rings. The third-order valence-electron chi connectivity index (χ3n) is 14.8. The van der Waals surface area contributed by atoms with E-state index in [1.54, 1.807) is 0 Å². The molecule has 494 valence electrons. The highest BCUT2D eigenvalue weighted by Gasteiger charge is 2.30. The van der Waals surface area contributed by atoms with Gasteiger partial charge in [-0.2, -0.15) is 0 Å². The fraction of sp³-hybridized carbons (Fsp3) is 0.877. The van der Waals surface area contributed by atoms with Gasteiger partial charge in [0.05, 0.1) is 26.4 Å². The van der Waals surface area contributed by atoms with Crippen LogP contribution in [0.2, 0.25) is 0 Å². The predicted molar refractivity (Wildman–Crippen MR) is 335 cm³/mol. The molecule has 0 aliphatic rings. The lowest BCUT2D eigenvalue weighted by Gasteiger charge is -2.21. The molecule has 0 rings (SSSR count). The van der Waals surface area contributed by atoms with E-state index in [0.717, 1.165) is 115 Å². The highest BCUT2D eigenvalue weighted by Crippen LogP contribution is 2.45. The molecule has 19 heteroatoms. The number of phosphoric acid groups is 2. The number of aliphatic hydroxyl groups is 1. The van der Waals surface area contributed by atoms with E-state index in [1.807, 2.05) is 0 Å². The van der Waals surface area contributed by atoms with E-state index in [1.165, 1.54) is 109 Å². The number of phosphoric ester groups is 2. The maximum atomic E-state index is 13.0. The summed E-state index contributed by atoms with van der Waals surface area (Å²) < 4.78 is 67.9. The number of rotatable bonds is 63. The summed E-state index contributed by atoms with van der Waals surface area (Å²) in [6.07, 6.45) is 45.3. The summed E-state index contributed by atoms with van der Waals surface area (Å²) in [6, 6.07) is 0. The summed E-state index contributed by atoms with van der Waals surface area (Å²) in [5, 5.41) is 10.5. The first-order chi connectivity index (χ1) is 40.6. The van der Waals surface area contributed by atoms with Gasteiger partial charge in [-0.05, 0) is 57.3 Å². The molecule has 0 fully saturated rings. The Kier molecular flexibility index (Phi) is 56.5. The van der Waals surface area contributed by atoms with Gasteiger partial charge in [0.15, 0.2) is 12.2 Å². The number of hydrogen-bond donors (Lipinski definition) is 3. The van der Waals surface area contributed by atoms with Crippen LogP contribution in [0.15, 0.2) is 24.3 Å². The monoisotopic (exact) mass is 1240 g/mol. The van der Waals surface area contributed by atoms with Crippen molar-refractivity contribution in [2.45, 2.75) is 323 Å². The Morgan fingerprint density at radius 3 is 1.01 bits per heavy atom. The van der Waals surface area contributed by atoms with E-state index in [2.05, 4.69) is 58.9 Å². The highest BCUT2D eigenvalue weighted by atomic mass is 31.2. The standard InChI is InChI=1S/C65H122O17P2/c1-6-10-13-16-19-22-24-25-26-27-29-31-34-40-45-50-64(69)81-60(54-76-63(68)49-44-39-33-30-28-23-20-17-14-11-7-2)56-79-83(71,72)77-52-59(66)53-78-84(73,74)80-57-61(55-75-62(67)48-43-38-32-21-18-15-12-8-3)82-65(70)51-46-41-36-35-37-42-47-58(5)9-4/h22,24-26,58-61,66H,6-21,23,27-57H2,1-5H3,(H,71,72)(H,73,74)/b24-22-,26-25-/t58?,59-,60-,61-/m1/s1. The maximum absolute atomic E-state index is 13.0.